The standard InChI is InChI=1S/C8H14N2OSi/c1-2-11-6-4-3-5(9)7(10)8(6)12/h3-4H,2,9-10H2,1,12H3. The minimum Gasteiger partial charge on any atom is -0.494 e. The summed E-state index contributed by atoms with van der Waals surface area (Å²) in [5.41, 5.74) is 12.7. The third-order valence-corrected chi connectivity index (χ3v) is 2.83. The van der Waals surface area contributed by atoms with Crippen molar-refractivity contribution in [2.24, 2.45) is 0 Å². The summed E-state index contributed by atoms with van der Waals surface area (Å²) in [6, 6.07) is 3.65. The zero-order chi connectivity index (χ0) is 9.14. The highest BCUT2D eigenvalue weighted by atomic mass is 28.1. The van der Waals surface area contributed by atoms with Crippen molar-refractivity contribution in [2.45, 2.75) is 6.92 Å². The van der Waals surface area contributed by atoms with Crippen LogP contribution in [0.1, 0.15) is 6.92 Å². The summed E-state index contributed by atoms with van der Waals surface area (Å²) in [6.07, 6.45) is 0. The first-order valence-corrected chi connectivity index (χ1v) is 4.94. The third-order valence-electron chi connectivity index (χ3n) is 1.80. The summed E-state index contributed by atoms with van der Waals surface area (Å²) in [4.78, 5) is 0. The van der Waals surface area contributed by atoms with Crippen LogP contribution in [-0.4, -0.2) is 16.8 Å². The van der Waals surface area contributed by atoms with Gasteiger partial charge in [0.25, 0.3) is 0 Å². The van der Waals surface area contributed by atoms with Crippen molar-refractivity contribution in [3.05, 3.63) is 12.1 Å². The minimum atomic E-state index is 0.642. The Morgan fingerprint density at radius 3 is 2.67 bits per heavy atom. The maximum absolute atomic E-state index is 5.74. The van der Waals surface area contributed by atoms with Gasteiger partial charge in [0.1, 0.15) is 5.75 Å². The zero-order valence-corrected chi connectivity index (χ0v) is 9.42. The van der Waals surface area contributed by atoms with E-state index in [0.717, 1.165) is 21.2 Å². The molecule has 1 aromatic carbocycles. The van der Waals surface area contributed by atoms with Gasteiger partial charge in [-0.15, -0.1) is 0 Å². The molecular formula is C8H14N2OSi. The number of anilines is 2. The lowest BCUT2D eigenvalue weighted by molar-refractivity contribution is 0.343. The lowest BCUT2D eigenvalue weighted by Gasteiger charge is -2.10. The molecule has 0 unspecified atom stereocenters. The van der Waals surface area contributed by atoms with Gasteiger partial charge in [0, 0.05) is 10.2 Å². The maximum atomic E-state index is 5.74. The molecule has 0 saturated heterocycles. The maximum Gasteiger partial charge on any atom is 0.119 e. The Hall–Kier alpha value is -1.16. The summed E-state index contributed by atoms with van der Waals surface area (Å²) in [6.45, 7) is 2.62. The third kappa shape index (κ3) is 1.53. The Bertz CT molecular complexity index is 289. The van der Waals surface area contributed by atoms with Crippen molar-refractivity contribution >= 4 is 26.8 Å². The first-order chi connectivity index (χ1) is 5.66. The molecule has 0 spiro atoms. The van der Waals surface area contributed by atoms with Gasteiger partial charge in [0.15, 0.2) is 0 Å². The highest BCUT2D eigenvalue weighted by Crippen LogP contribution is 2.17. The molecule has 0 amide bonds. The van der Waals surface area contributed by atoms with Crippen LogP contribution in [0.2, 0.25) is 0 Å². The first kappa shape index (κ1) is 8.93. The second kappa shape index (κ2) is 3.49. The number of rotatable bonds is 2. The van der Waals surface area contributed by atoms with Gasteiger partial charge in [-0.2, -0.15) is 0 Å². The Balaban J connectivity index is 3.08. The van der Waals surface area contributed by atoms with Crippen LogP contribution in [0.25, 0.3) is 0 Å². The summed E-state index contributed by atoms with van der Waals surface area (Å²) in [5, 5.41) is 1.05. The molecule has 0 fully saturated rings. The molecule has 66 valence electrons. The molecule has 0 aliphatic carbocycles. The van der Waals surface area contributed by atoms with E-state index in [4.69, 9.17) is 16.2 Å². The highest BCUT2D eigenvalue weighted by molar-refractivity contribution is 6.38. The van der Waals surface area contributed by atoms with Gasteiger partial charge in [0.05, 0.1) is 18.0 Å². The number of hydrogen-bond donors (Lipinski definition) is 2. The van der Waals surface area contributed by atoms with Crippen molar-refractivity contribution in [1.29, 1.82) is 0 Å². The molecular weight excluding hydrogens is 168 g/mol. The van der Waals surface area contributed by atoms with Crippen LogP contribution in [-0.2, 0) is 0 Å². The molecule has 4 N–H and O–H groups in total. The smallest absolute Gasteiger partial charge is 0.119 e. The van der Waals surface area contributed by atoms with Crippen molar-refractivity contribution < 1.29 is 4.74 Å². The normalized spacial score (nSPS) is 10.1. The van der Waals surface area contributed by atoms with Crippen LogP contribution in [0.3, 0.4) is 0 Å². The molecule has 0 radical (unpaired) electrons. The fourth-order valence-corrected chi connectivity index (χ4v) is 1.64. The number of nitrogens with two attached hydrogens (primary N) is 2. The minimum absolute atomic E-state index is 0.642. The van der Waals surface area contributed by atoms with Crippen molar-refractivity contribution in [1.82, 2.24) is 0 Å². The second-order valence-corrected chi connectivity index (χ2v) is 3.62. The SMILES string of the molecule is CCOc1ccc(N)c(N)c1[SiH3]. The number of benzene rings is 1. The van der Waals surface area contributed by atoms with Crippen molar-refractivity contribution in [3.63, 3.8) is 0 Å². The van der Waals surface area contributed by atoms with Crippen LogP contribution in [0.15, 0.2) is 12.1 Å². The summed E-state index contributed by atoms with van der Waals surface area (Å²) in [7, 11) is 0.861. The van der Waals surface area contributed by atoms with E-state index >= 15 is 0 Å². The van der Waals surface area contributed by atoms with Crippen LogP contribution in [0.4, 0.5) is 11.4 Å². The number of ether oxygens (including phenoxy) is 1. The van der Waals surface area contributed by atoms with Gasteiger partial charge in [-0.05, 0) is 24.2 Å². The number of nitrogen functional groups attached to an aromatic ring is 2. The largest absolute Gasteiger partial charge is 0.494 e. The van der Waals surface area contributed by atoms with E-state index in [1.807, 2.05) is 13.0 Å². The predicted molar refractivity (Wildman–Crippen MR) is 56.0 cm³/mol. The molecule has 0 saturated carbocycles. The molecule has 12 heavy (non-hydrogen) atoms. The molecule has 3 nitrogen and oxygen atoms in total. The van der Waals surface area contributed by atoms with E-state index in [2.05, 4.69) is 0 Å². The molecule has 0 aliphatic rings. The summed E-state index contributed by atoms with van der Waals surface area (Å²) < 4.78 is 5.37. The summed E-state index contributed by atoms with van der Waals surface area (Å²) >= 11 is 0. The lowest BCUT2D eigenvalue weighted by atomic mass is 10.2. The summed E-state index contributed by atoms with van der Waals surface area (Å²) in [5.74, 6) is 0.871. The molecule has 0 heterocycles. The van der Waals surface area contributed by atoms with E-state index in [9.17, 15) is 0 Å². The average Bonchev–Trinajstić information content (AvgIpc) is 2.07. The fourth-order valence-electron chi connectivity index (χ4n) is 1.04. The van der Waals surface area contributed by atoms with Crippen LogP contribution >= 0.6 is 0 Å². The van der Waals surface area contributed by atoms with E-state index in [1.165, 1.54) is 0 Å². The fraction of sp³-hybridized carbons (Fsp3) is 0.250. The van der Waals surface area contributed by atoms with E-state index in [0.29, 0.717) is 18.0 Å². The highest BCUT2D eigenvalue weighted by Gasteiger charge is 2.04. The topological polar surface area (TPSA) is 61.3 Å². The van der Waals surface area contributed by atoms with Crippen LogP contribution in [0, 0.1) is 0 Å². The van der Waals surface area contributed by atoms with E-state index < -0.39 is 0 Å². The first-order valence-electron chi connectivity index (χ1n) is 3.94. The molecule has 0 aliphatic heterocycles. The average molecular weight is 182 g/mol. The van der Waals surface area contributed by atoms with Gasteiger partial charge in [-0.1, -0.05) is 0 Å². The molecule has 0 aromatic heterocycles. The van der Waals surface area contributed by atoms with Crippen molar-refractivity contribution in [3.8, 4) is 5.75 Å². The predicted octanol–water partition coefficient (Wildman–Crippen LogP) is -0.760. The Kier molecular flexibility index (Phi) is 2.60. The van der Waals surface area contributed by atoms with Gasteiger partial charge in [-0.25, -0.2) is 0 Å². The molecule has 1 rings (SSSR count). The molecule has 0 atom stereocenters. The molecule has 0 bridgehead atoms. The van der Waals surface area contributed by atoms with Gasteiger partial charge < -0.3 is 16.2 Å². The van der Waals surface area contributed by atoms with E-state index in [1.54, 1.807) is 6.07 Å². The lowest BCUT2D eigenvalue weighted by Crippen LogP contribution is -2.15. The molecule has 1 aromatic rings. The zero-order valence-electron chi connectivity index (χ0n) is 7.42. The van der Waals surface area contributed by atoms with Crippen LogP contribution < -0.4 is 21.4 Å². The number of hydrogen-bond acceptors (Lipinski definition) is 3. The Morgan fingerprint density at radius 2 is 2.08 bits per heavy atom. The van der Waals surface area contributed by atoms with Gasteiger partial charge >= 0.3 is 0 Å². The van der Waals surface area contributed by atoms with Crippen molar-refractivity contribution in [2.75, 3.05) is 18.1 Å². The monoisotopic (exact) mass is 182 g/mol. The molecule has 4 heteroatoms. The van der Waals surface area contributed by atoms with Crippen LogP contribution in [0.5, 0.6) is 5.75 Å². The second-order valence-electron chi connectivity index (χ2n) is 2.62. The Morgan fingerprint density at radius 1 is 1.42 bits per heavy atom. The van der Waals surface area contributed by atoms with Gasteiger partial charge in [0.2, 0.25) is 0 Å². The van der Waals surface area contributed by atoms with Gasteiger partial charge in [-0.3, -0.25) is 0 Å². The van der Waals surface area contributed by atoms with E-state index in [-0.39, 0.29) is 0 Å². The Labute approximate surface area is 75.1 Å². The quantitative estimate of drug-likeness (QED) is 0.467.